The van der Waals surface area contributed by atoms with Crippen molar-refractivity contribution >= 4 is 16.8 Å². The summed E-state index contributed by atoms with van der Waals surface area (Å²) in [5.41, 5.74) is 3.22. The van der Waals surface area contributed by atoms with Crippen LogP contribution in [-0.2, 0) is 6.54 Å². The second kappa shape index (κ2) is 8.86. The maximum atomic E-state index is 12.5. The van der Waals surface area contributed by atoms with Crippen molar-refractivity contribution in [3.8, 4) is 11.3 Å². The van der Waals surface area contributed by atoms with Gasteiger partial charge in [-0.2, -0.15) is 0 Å². The number of aromatic nitrogens is 4. The Hall–Kier alpha value is -3.54. The average molecular weight is 399 g/mol. The van der Waals surface area contributed by atoms with Gasteiger partial charge in [-0.05, 0) is 24.6 Å². The molecule has 1 N–H and O–H groups in total. The number of carbonyl (C=O) groups excluding carboxylic acids is 1. The zero-order valence-corrected chi connectivity index (χ0v) is 17.2. The molecule has 0 radical (unpaired) electrons. The molecule has 6 nitrogen and oxygen atoms in total. The zero-order chi connectivity index (χ0) is 20.9. The maximum Gasteiger partial charge on any atom is 0.252 e. The molecule has 152 valence electrons. The molecular weight excluding hydrogens is 374 g/mol. The van der Waals surface area contributed by atoms with E-state index in [1.807, 2.05) is 54.9 Å². The fourth-order valence-electron chi connectivity index (χ4n) is 3.56. The highest BCUT2D eigenvalue weighted by Gasteiger charge is 2.10. The van der Waals surface area contributed by atoms with Crippen molar-refractivity contribution in [1.29, 1.82) is 0 Å². The van der Waals surface area contributed by atoms with Gasteiger partial charge in [-0.15, -0.1) is 0 Å². The topological polar surface area (TPSA) is 72.7 Å². The summed E-state index contributed by atoms with van der Waals surface area (Å²) in [6.45, 7) is 5.69. The highest BCUT2D eigenvalue weighted by molar-refractivity contribution is 5.95. The van der Waals surface area contributed by atoms with E-state index in [2.05, 4.69) is 38.7 Å². The van der Waals surface area contributed by atoms with E-state index < -0.39 is 0 Å². The Morgan fingerprint density at radius 2 is 1.90 bits per heavy atom. The van der Waals surface area contributed by atoms with E-state index in [1.165, 1.54) is 0 Å². The lowest BCUT2D eigenvalue weighted by atomic mass is 10.1. The van der Waals surface area contributed by atoms with Crippen molar-refractivity contribution in [3.63, 3.8) is 0 Å². The van der Waals surface area contributed by atoms with E-state index in [9.17, 15) is 4.79 Å². The van der Waals surface area contributed by atoms with Crippen molar-refractivity contribution in [2.24, 2.45) is 0 Å². The largest absolute Gasteiger partial charge is 0.352 e. The molecule has 0 bridgehead atoms. The maximum absolute atomic E-state index is 12.5. The van der Waals surface area contributed by atoms with Crippen LogP contribution in [0.5, 0.6) is 0 Å². The molecular formula is C24H25N5O. The number of fused-ring (bicyclic) bond motifs is 1. The van der Waals surface area contributed by atoms with Gasteiger partial charge in [0.2, 0.25) is 0 Å². The molecule has 0 aliphatic heterocycles. The third-order valence-corrected chi connectivity index (χ3v) is 5.06. The molecule has 3 heterocycles. The average Bonchev–Trinajstić information content (AvgIpc) is 3.25. The minimum atomic E-state index is -0.111. The molecule has 6 heteroatoms. The Kier molecular flexibility index (Phi) is 5.84. The van der Waals surface area contributed by atoms with Gasteiger partial charge in [-0.1, -0.05) is 38.1 Å². The summed E-state index contributed by atoms with van der Waals surface area (Å²) in [6.07, 6.45) is 8.06. The van der Waals surface area contributed by atoms with Crippen LogP contribution in [0.15, 0.2) is 67.3 Å². The normalized spacial score (nSPS) is 11.2. The highest BCUT2D eigenvalue weighted by atomic mass is 16.1. The van der Waals surface area contributed by atoms with Gasteiger partial charge in [0.1, 0.15) is 5.82 Å². The van der Waals surface area contributed by atoms with Crippen LogP contribution in [0, 0.1) is 0 Å². The molecule has 0 saturated heterocycles. The number of aryl methyl sites for hydroxylation is 1. The fourth-order valence-corrected chi connectivity index (χ4v) is 3.56. The molecule has 0 unspecified atom stereocenters. The quantitative estimate of drug-likeness (QED) is 0.467. The molecule has 0 aliphatic carbocycles. The van der Waals surface area contributed by atoms with Crippen molar-refractivity contribution < 1.29 is 4.79 Å². The fraction of sp³-hybridized carbons (Fsp3) is 0.250. The Labute approximate surface area is 176 Å². The number of amides is 1. The zero-order valence-electron chi connectivity index (χ0n) is 17.2. The smallest absolute Gasteiger partial charge is 0.252 e. The predicted molar refractivity (Wildman–Crippen MR) is 118 cm³/mol. The van der Waals surface area contributed by atoms with Crippen LogP contribution in [0.4, 0.5) is 0 Å². The summed E-state index contributed by atoms with van der Waals surface area (Å²) < 4.78 is 2.14. The lowest BCUT2D eigenvalue weighted by Crippen LogP contribution is -2.25. The van der Waals surface area contributed by atoms with Crippen LogP contribution >= 0.6 is 0 Å². The number of imidazole rings is 1. The Balaban J connectivity index is 1.37. The Morgan fingerprint density at radius 1 is 1.03 bits per heavy atom. The van der Waals surface area contributed by atoms with Crippen molar-refractivity contribution in [2.75, 3.05) is 6.54 Å². The highest BCUT2D eigenvalue weighted by Crippen LogP contribution is 2.25. The van der Waals surface area contributed by atoms with Gasteiger partial charge in [0, 0.05) is 54.7 Å². The van der Waals surface area contributed by atoms with Crippen LogP contribution in [0.3, 0.4) is 0 Å². The summed E-state index contributed by atoms with van der Waals surface area (Å²) in [5, 5.41) is 4.04. The number of benzene rings is 1. The molecule has 0 saturated carbocycles. The van der Waals surface area contributed by atoms with Gasteiger partial charge < -0.3 is 9.88 Å². The minimum Gasteiger partial charge on any atom is -0.352 e. The molecule has 0 aliphatic rings. The summed E-state index contributed by atoms with van der Waals surface area (Å²) >= 11 is 0. The number of hydrogen-bond donors (Lipinski definition) is 1. The summed E-state index contributed by atoms with van der Waals surface area (Å²) in [7, 11) is 0. The monoisotopic (exact) mass is 399 g/mol. The number of para-hydroxylation sites is 1. The molecule has 0 atom stereocenters. The van der Waals surface area contributed by atoms with E-state index in [0.29, 0.717) is 18.0 Å². The van der Waals surface area contributed by atoms with E-state index in [4.69, 9.17) is 0 Å². The number of carbonyl (C=O) groups is 1. The Morgan fingerprint density at radius 3 is 2.70 bits per heavy atom. The van der Waals surface area contributed by atoms with Crippen LogP contribution in [0.2, 0.25) is 0 Å². The molecule has 1 aromatic carbocycles. The molecule has 30 heavy (non-hydrogen) atoms. The number of nitrogens with one attached hydrogen (secondary N) is 1. The molecule has 1 amide bonds. The lowest BCUT2D eigenvalue weighted by molar-refractivity contribution is 0.0952. The van der Waals surface area contributed by atoms with Crippen LogP contribution < -0.4 is 5.32 Å². The predicted octanol–water partition coefficient (Wildman–Crippen LogP) is 4.44. The van der Waals surface area contributed by atoms with E-state index in [1.54, 1.807) is 12.4 Å². The van der Waals surface area contributed by atoms with Crippen molar-refractivity contribution in [3.05, 3.63) is 78.6 Å². The minimum absolute atomic E-state index is 0.111. The first-order chi connectivity index (χ1) is 14.6. The van der Waals surface area contributed by atoms with Gasteiger partial charge in [-0.25, -0.2) is 4.98 Å². The van der Waals surface area contributed by atoms with Gasteiger partial charge in [0.05, 0.1) is 16.8 Å². The van der Waals surface area contributed by atoms with E-state index >= 15 is 0 Å². The third kappa shape index (κ3) is 4.22. The van der Waals surface area contributed by atoms with Crippen LogP contribution in [-0.4, -0.2) is 32.0 Å². The first-order valence-corrected chi connectivity index (χ1v) is 10.2. The van der Waals surface area contributed by atoms with Gasteiger partial charge in [0.15, 0.2) is 0 Å². The first kappa shape index (κ1) is 19.8. The van der Waals surface area contributed by atoms with Crippen molar-refractivity contribution in [2.45, 2.75) is 32.7 Å². The van der Waals surface area contributed by atoms with Gasteiger partial charge in [-0.3, -0.25) is 14.8 Å². The summed E-state index contributed by atoms with van der Waals surface area (Å²) in [4.78, 5) is 25.8. The van der Waals surface area contributed by atoms with Gasteiger partial charge in [0.25, 0.3) is 5.91 Å². The number of pyridine rings is 2. The Bertz CT molecular complexity index is 1140. The number of rotatable bonds is 7. The molecule has 3 aromatic heterocycles. The van der Waals surface area contributed by atoms with Gasteiger partial charge >= 0.3 is 0 Å². The number of nitrogens with zero attached hydrogens (tertiary/aromatic N) is 4. The van der Waals surface area contributed by atoms with Crippen molar-refractivity contribution in [1.82, 2.24) is 24.8 Å². The second-order valence-electron chi connectivity index (χ2n) is 7.56. The van der Waals surface area contributed by atoms with Crippen LogP contribution in [0.1, 0.15) is 42.4 Å². The lowest BCUT2D eigenvalue weighted by Gasteiger charge is -2.11. The molecule has 4 rings (SSSR count). The molecule has 0 fully saturated rings. The SMILES string of the molecule is CC(C)c1nccn1CCCNC(=O)c1ccc(-c2cccc3cccnc23)nc1. The van der Waals surface area contributed by atoms with E-state index in [-0.39, 0.29) is 5.91 Å². The molecule has 4 aromatic rings. The standard InChI is InChI=1S/C24H25N5O/c1-17(2)23-26-13-15-29(23)14-5-12-27-24(30)19-9-10-21(28-16-19)20-8-3-6-18-7-4-11-25-22(18)20/h3-4,6-11,13,15-17H,5,12,14H2,1-2H3,(H,27,30). The summed E-state index contributed by atoms with van der Waals surface area (Å²) in [5.74, 6) is 1.35. The third-order valence-electron chi connectivity index (χ3n) is 5.06. The second-order valence-corrected chi connectivity index (χ2v) is 7.56. The van der Waals surface area contributed by atoms with E-state index in [0.717, 1.165) is 41.0 Å². The molecule has 0 spiro atoms. The summed E-state index contributed by atoms with van der Waals surface area (Å²) in [6, 6.07) is 13.7. The number of hydrogen-bond acceptors (Lipinski definition) is 4. The van der Waals surface area contributed by atoms with Crippen LogP contribution in [0.25, 0.3) is 22.2 Å². The first-order valence-electron chi connectivity index (χ1n) is 10.2.